The molecule has 2 amide bonds. The number of rotatable bonds is 5. The zero-order valence-electron chi connectivity index (χ0n) is 15.5. The zero-order chi connectivity index (χ0) is 21.0. The number of hydrogen-bond donors (Lipinski definition) is 2. The van der Waals surface area contributed by atoms with Gasteiger partial charge in [0.05, 0.1) is 25.6 Å². The van der Waals surface area contributed by atoms with Gasteiger partial charge < -0.3 is 24.7 Å². The van der Waals surface area contributed by atoms with Gasteiger partial charge in [0.15, 0.2) is 0 Å². The fraction of sp³-hybridized carbons (Fsp3) is 0.389. The molecule has 1 aliphatic heterocycles. The van der Waals surface area contributed by atoms with Crippen LogP contribution in [0.25, 0.3) is 0 Å². The van der Waals surface area contributed by atoms with Gasteiger partial charge in [0.2, 0.25) is 0 Å². The molecular formula is C18H19F3N4O4. The van der Waals surface area contributed by atoms with Crippen LogP contribution in [0.15, 0.2) is 30.6 Å². The molecule has 0 bridgehead atoms. The van der Waals surface area contributed by atoms with Gasteiger partial charge in [-0.2, -0.15) is 0 Å². The first-order chi connectivity index (χ1) is 13.8. The second-order valence-corrected chi connectivity index (χ2v) is 6.26. The number of alkyl halides is 3. The molecule has 2 aromatic rings. The topological polar surface area (TPSA) is 96.6 Å². The van der Waals surface area contributed by atoms with E-state index in [4.69, 9.17) is 0 Å². The van der Waals surface area contributed by atoms with E-state index in [1.165, 1.54) is 36.5 Å². The number of carbonyl (C=O) groups is 2. The summed E-state index contributed by atoms with van der Waals surface area (Å²) in [6.45, 7) is 0.271. The second kappa shape index (κ2) is 8.41. The van der Waals surface area contributed by atoms with Crippen molar-refractivity contribution >= 4 is 12.0 Å². The molecule has 11 heteroatoms. The molecule has 8 nitrogen and oxygen atoms in total. The van der Waals surface area contributed by atoms with Crippen LogP contribution in [0.4, 0.5) is 18.0 Å². The van der Waals surface area contributed by atoms with Gasteiger partial charge in [-0.1, -0.05) is 18.2 Å². The first-order valence-corrected chi connectivity index (χ1v) is 8.78. The Bertz CT molecular complexity index is 884. The van der Waals surface area contributed by atoms with Gasteiger partial charge in [-0.05, 0) is 6.07 Å². The number of methoxy groups -OCH3 is 1. The van der Waals surface area contributed by atoms with Gasteiger partial charge in [0, 0.05) is 30.8 Å². The lowest BCUT2D eigenvalue weighted by Crippen LogP contribution is -2.46. The van der Waals surface area contributed by atoms with E-state index in [0.717, 1.165) is 5.69 Å². The first-order valence-electron chi connectivity index (χ1n) is 8.78. The zero-order valence-corrected chi connectivity index (χ0v) is 15.5. The number of halogens is 3. The van der Waals surface area contributed by atoms with E-state index in [-0.39, 0.29) is 25.1 Å². The molecule has 3 rings (SSSR count). The van der Waals surface area contributed by atoms with E-state index in [1.54, 1.807) is 6.07 Å². The molecule has 2 N–H and O–H groups in total. The third kappa shape index (κ3) is 4.79. The molecule has 0 unspecified atom stereocenters. The van der Waals surface area contributed by atoms with E-state index >= 15 is 0 Å². The summed E-state index contributed by atoms with van der Waals surface area (Å²) in [5, 5.41) is 2.59. The Morgan fingerprint density at radius 3 is 2.83 bits per heavy atom. The van der Waals surface area contributed by atoms with Gasteiger partial charge in [0.1, 0.15) is 11.8 Å². The average Bonchev–Trinajstić information content (AvgIpc) is 3.15. The number of benzene rings is 1. The smallest absolute Gasteiger partial charge is 0.469 e. The van der Waals surface area contributed by atoms with E-state index in [9.17, 15) is 22.8 Å². The molecule has 0 fully saturated rings. The molecule has 0 saturated heterocycles. The van der Waals surface area contributed by atoms with Crippen molar-refractivity contribution in [1.82, 2.24) is 20.2 Å². The lowest BCUT2D eigenvalue weighted by molar-refractivity contribution is -0.275. The normalized spacial score (nSPS) is 16.1. The van der Waals surface area contributed by atoms with Crippen molar-refractivity contribution in [2.45, 2.75) is 25.2 Å². The highest BCUT2D eigenvalue weighted by atomic mass is 19.4. The van der Waals surface area contributed by atoms with Crippen LogP contribution < -0.4 is 10.1 Å². The van der Waals surface area contributed by atoms with E-state index in [0.29, 0.717) is 12.1 Å². The monoisotopic (exact) mass is 412 g/mol. The van der Waals surface area contributed by atoms with Crippen molar-refractivity contribution in [1.29, 1.82) is 0 Å². The number of nitrogens with zero attached hydrogens (tertiary/aromatic N) is 2. The maximum absolute atomic E-state index is 12.9. The summed E-state index contributed by atoms with van der Waals surface area (Å²) in [5.74, 6) is -0.896. The van der Waals surface area contributed by atoms with Gasteiger partial charge in [-0.3, -0.25) is 4.79 Å². The summed E-state index contributed by atoms with van der Waals surface area (Å²) >= 11 is 0. The van der Waals surface area contributed by atoms with E-state index < -0.39 is 30.2 Å². The average molecular weight is 412 g/mol. The molecule has 29 heavy (non-hydrogen) atoms. The highest BCUT2D eigenvalue weighted by Crippen LogP contribution is 2.39. The highest BCUT2D eigenvalue weighted by Gasteiger charge is 2.38. The van der Waals surface area contributed by atoms with E-state index in [2.05, 4.69) is 24.8 Å². The second-order valence-electron chi connectivity index (χ2n) is 6.26. The number of nitrogens with one attached hydrogen (secondary N) is 2. The van der Waals surface area contributed by atoms with Crippen LogP contribution in [0.3, 0.4) is 0 Å². The molecule has 0 saturated carbocycles. The molecule has 1 aromatic heterocycles. The SMILES string of the molecule is COC(=O)CCNC(=O)N1CCc2[nH]cnc2[C@@H]1c1ccccc1OC(F)(F)F. The predicted octanol–water partition coefficient (Wildman–Crippen LogP) is 2.53. The minimum Gasteiger partial charge on any atom is -0.469 e. The number of imidazole rings is 1. The maximum atomic E-state index is 12.9. The van der Waals surface area contributed by atoms with Crippen molar-refractivity contribution in [3.8, 4) is 5.75 Å². The molecule has 2 heterocycles. The quantitative estimate of drug-likeness (QED) is 0.736. The fourth-order valence-corrected chi connectivity index (χ4v) is 3.21. The Balaban J connectivity index is 1.91. The molecular weight excluding hydrogens is 393 g/mol. The van der Waals surface area contributed by atoms with Crippen molar-refractivity contribution < 1.29 is 32.2 Å². The number of esters is 1. The molecule has 0 radical (unpaired) electrons. The Hall–Kier alpha value is -3.24. The fourth-order valence-electron chi connectivity index (χ4n) is 3.21. The maximum Gasteiger partial charge on any atom is 0.573 e. The van der Waals surface area contributed by atoms with E-state index in [1.807, 2.05) is 0 Å². The number of amides is 2. The van der Waals surface area contributed by atoms with Crippen LogP contribution in [0, 0.1) is 0 Å². The number of urea groups is 1. The number of ether oxygens (including phenoxy) is 2. The van der Waals surface area contributed by atoms with Gasteiger partial charge in [-0.25, -0.2) is 9.78 Å². The predicted molar refractivity (Wildman–Crippen MR) is 94.0 cm³/mol. The molecule has 0 aliphatic carbocycles. The van der Waals surface area contributed by atoms with Crippen LogP contribution in [-0.2, 0) is 16.0 Å². The molecule has 1 aromatic carbocycles. The van der Waals surface area contributed by atoms with Crippen LogP contribution >= 0.6 is 0 Å². The summed E-state index contributed by atoms with van der Waals surface area (Å²) in [7, 11) is 1.24. The lowest BCUT2D eigenvalue weighted by atomic mass is 9.95. The van der Waals surface area contributed by atoms with Crippen LogP contribution in [-0.4, -0.2) is 53.4 Å². The molecule has 0 spiro atoms. The largest absolute Gasteiger partial charge is 0.573 e. The van der Waals surface area contributed by atoms with Crippen LogP contribution in [0.5, 0.6) is 5.75 Å². The number of aromatic amines is 1. The van der Waals surface area contributed by atoms with Crippen molar-refractivity contribution in [3.63, 3.8) is 0 Å². The van der Waals surface area contributed by atoms with Crippen molar-refractivity contribution in [2.75, 3.05) is 20.2 Å². The summed E-state index contributed by atoms with van der Waals surface area (Å²) in [4.78, 5) is 32.5. The Morgan fingerprint density at radius 1 is 1.34 bits per heavy atom. The van der Waals surface area contributed by atoms with Crippen molar-refractivity contribution in [3.05, 3.63) is 47.5 Å². The Labute approximate surface area is 164 Å². The Kier molecular flexibility index (Phi) is 5.95. The first kappa shape index (κ1) is 20.5. The standard InChI is InChI=1S/C18H19F3N4O4/c1-28-14(26)6-8-22-17(27)25-9-7-12-15(24-10-23-12)16(25)11-4-2-3-5-13(11)29-18(19,20)21/h2-5,10,16H,6-9H2,1H3,(H,22,27)(H,23,24)/t16-/m0/s1. The minimum absolute atomic E-state index is 0.0256. The van der Waals surface area contributed by atoms with Crippen LogP contribution in [0.1, 0.15) is 29.4 Å². The summed E-state index contributed by atoms with van der Waals surface area (Å²) in [5.41, 5.74) is 1.33. The number of para-hydroxylation sites is 1. The summed E-state index contributed by atoms with van der Waals surface area (Å²) in [6, 6.07) is 4.21. The number of H-pyrrole nitrogens is 1. The third-order valence-electron chi connectivity index (χ3n) is 4.46. The Morgan fingerprint density at radius 2 is 2.10 bits per heavy atom. The lowest BCUT2D eigenvalue weighted by Gasteiger charge is -2.35. The van der Waals surface area contributed by atoms with Crippen LogP contribution in [0.2, 0.25) is 0 Å². The number of aromatic nitrogens is 2. The minimum atomic E-state index is -4.88. The molecule has 1 atom stereocenters. The summed E-state index contributed by atoms with van der Waals surface area (Å²) in [6.07, 6.45) is -3.02. The molecule has 1 aliphatic rings. The molecule has 156 valence electrons. The van der Waals surface area contributed by atoms with Crippen molar-refractivity contribution in [2.24, 2.45) is 0 Å². The van der Waals surface area contributed by atoms with Gasteiger partial charge >= 0.3 is 18.4 Å². The third-order valence-corrected chi connectivity index (χ3v) is 4.46. The number of hydrogen-bond acceptors (Lipinski definition) is 5. The number of fused-ring (bicyclic) bond motifs is 1. The highest BCUT2D eigenvalue weighted by molar-refractivity contribution is 5.77. The number of carbonyl (C=O) groups excluding carboxylic acids is 2. The van der Waals surface area contributed by atoms with Gasteiger partial charge in [-0.15, -0.1) is 13.2 Å². The van der Waals surface area contributed by atoms with Gasteiger partial charge in [0.25, 0.3) is 0 Å². The summed E-state index contributed by atoms with van der Waals surface area (Å²) < 4.78 is 47.3.